The van der Waals surface area contributed by atoms with Crippen molar-refractivity contribution in [2.75, 3.05) is 18.5 Å². The minimum atomic E-state index is -2.39. The van der Waals surface area contributed by atoms with Crippen LogP contribution in [0.5, 0.6) is 0 Å². The second kappa shape index (κ2) is 5.23. The second-order valence-corrected chi connectivity index (χ2v) is 3.48. The van der Waals surface area contributed by atoms with E-state index in [4.69, 9.17) is 17.3 Å². The Morgan fingerprint density at radius 3 is 2.73 bits per heavy atom. The maximum absolute atomic E-state index is 12.1. The van der Waals surface area contributed by atoms with Crippen molar-refractivity contribution in [3.63, 3.8) is 0 Å². The third-order valence-electron chi connectivity index (χ3n) is 1.90. The predicted octanol–water partition coefficient (Wildman–Crippen LogP) is 1.89. The molecule has 0 amide bonds. The van der Waals surface area contributed by atoms with Gasteiger partial charge in [0.2, 0.25) is 0 Å². The molecule has 1 aromatic rings. The maximum atomic E-state index is 12.1. The quantitative estimate of drug-likeness (QED) is 0.867. The van der Waals surface area contributed by atoms with Crippen LogP contribution in [0, 0.1) is 0 Å². The summed E-state index contributed by atoms with van der Waals surface area (Å²) in [5.41, 5.74) is 5.92. The molecule has 1 aromatic heterocycles. The number of nitrogens with zero attached hydrogens (tertiary/aromatic N) is 2. The fourth-order valence-electron chi connectivity index (χ4n) is 1.13. The van der Waals surface area contributed by atoms with Gasteiger partial charge < -0.3 is 10.6 Å². The van der Waals surface area contributed by atoms with Crippen molar-refractivity contribution in [3.8, 4) is 0 Å². The molecular formula is C9H12ClF2N3. The summed E-state index contributed by atoms with van der Waals surface area (Å²) in [6.45, 7) is -0.173. The average Bonchev–Trinajstić information content (AvgIpc) is 2.17. The zero-order valence-electron chi connectivity index (χ0n) is 8.25. The van der Waals surface area contributed by atoms with E-state index in [0.29, 0.717) is 16.5 Å². The van der Waals surface area contributed by atoms with E-state index in [1.54, 1.807) is 19.2 Å². The zero-order chi connectivity index (χ0) is 11.4. The largest absolute Gasteiger partial charge is 0.354 e. The van der Waals surface area contributed by atoms with Gasteiger partial charge >= 0.3 is 0 Å². The SMILES string of the molecule is CN(CC(F)F)c1ccc(Cl)c(CN)n1. The summed E-state index contributed by atoms with van der Waals surface area (Å²) >= 11 is 5.80. The summed E-state index contributed by atoms with van der Waals surface area (Å²) in [5.74, 6) is 0.445. The molecule has 3 nitrogen and oxygen atoms in total. The topological polar surface area (TPSA) is 42.1 Å². The first-order valence-corrected chi connectivity index (χ1v) is 4.77. The predicted molar refractivity (Wildman–Crippen MR) is 56.4 cm³/mol. The van der Waals surface area contributed by atoms with Crippen LogP contribution in [0.15, 0.2) is 12.1 Å². The van der Waals surface area contributed by atoms with Crippen LogP contribution in [0.1, 0.15) is 5.69 Å². The minimum Gasteiger partial charge on any atom is -0.354 e. The van der Waals surface area contributed by atoms with Crippen LogP contribution >= 0.6 is 11.6 Å². The molecule has 0 unspecified atom stereocenters. The Morgan fingerprint density at radius 2 is 2.20 bits per heavy atom. The molecule has 0 saturated heterocycles. The number of alkyl halides is 2. The molecular weight excluding hydrogens is 224 g/mol. The van der Waals surface area contributed by atoms with Gasteiger partial charge in [-0.05, 0) is 12.1 Å². The highest BCUT2D eigenvalue weighted by Crippen LogP contribution is 2.18. The summed E-state index contributed by atoms with van der Waals surface area (Å²) in [6.07, 6.45) is -2.39. The van der Waals surface area contributed by atoms with Crippen molar-refractivity contribution in [3.05, 3.63) is 22.8 Å². The van der Waals surface area contributed by atoms with Crippen molar-refractivity contribution in [1.29, 1.82) is 0 Å². The minimum absolute atomic E-state index is 0.190. The Labute approximate surface area is 91.8 Å². The summed E-state index contributed by atoms with van der Waals surface area (Å²) in [7, 11) is 1.54. The zero-order valence-corrected chi connectivity index (χ0v) is 9.01. The summed E-state index contributed by atoms with van der Waals surface area (Å²) in [5, 5.41) is 0.451. The Hall–Kier alpha value is -0.940. The van der Waals surface area contributed by atoms with Gasteiger partial charge in [0.1, 0.15) is 5.82 Å². The lowest BCUT2D eigenvalue weighted by Crippen LogP contribution is -2.25. The Kier molecular flexibility index (Phi) is 4.23. The number of pyridine rings is 1. The van der Waals surface area contributed by atoms with Gasteiger partial charge in [-0.25, -0.2) is 13.8 Å². The number of aromatic nitrogens is 1. The van der Waals surface area contributed by atoms with E-state index in [2.05, 4.69) is 4.98 Å². The van der Waals surface area contributed by atoms with Crippen molar-refractivity contribution >= 4 is 17.4 Å². The van der Waals surface area contributed by atoms with Crippen LogP contribution in [0.2, 0.25) is 5.02 Å². The van der Waals surface area contributed by atoms with Crippen molar-refractivity contribution in [2.24, 2.45) is 5.73 Å². The van der Waals surface area contributed by atoms with Crippen LogP contribution in [0.3, 0.4) is 0 Å². The average molecular weight is 236 g/mol. The van der Waals surface area contributed by atoms with Crippen molar-refractivity contribution < 1.29 is 8.78 Å². The van der Waals surface area contributed by atoms with E-state index < -0.39 is 6.43 Å². The molecule has 84 valence electrons. The molecule has 0 fully saturated rings. The van der Waals surface area contributed by atoms with Crippen LogP contribution in [-0.2, 0) is 6.54 Å². The van der Waals surface area contributed by atoms with Gasteiger partial charge in [-0.2, -0.15) is 0 Å². The molecule has 0 atom stereocenters. The van der Waals surface area contributed by atoms with E-state index in [0.717, 1.165) is 0 Å². The van der Waals surface area contributed by atoms with Crippen molar-refractivity contribution in [2.45, 2.75) is 13.0 Å². The first kappa shape index (κ1) is 12.1. The smallest absolute Gasteiger partial charge is 0.255 e. The molecule has 0 saturated carbocycles. The van der Waals surface area contributed by atoms with Crippen LogP contribution < -0.4 is 10.6 Å². The molecule has 6 heteroatoms. The molecule has 0 spiro atoms. The lowest BCUT2D eigenvalue weighted by Gasteiger charge is -2.18. The van der Waals surface area contributed by atoms with Gasteiger partial charge in [0.25, 0.3) is 6.43 Å². The van der Waals surface area contributed by atoms with E-state index in [9.17, 15) is 8.78 Å². The van der Waals surface area contributed by atoms with Gasteiger partial charge in [0.15, 0.2) is 0 Å². The molecule has 0 bridgehead atoms. The lowest BCUT2D eigenvalue weighted by atomic mass is 10.3. The molecule has 2 N–H and O–H groups in total. The van der Waals surface area contributed by atoms with E-state index >= 15 is 0 Å². The first-order chi connectivity index (χ1) is 7.04. The van der Waals surface area contributed by atoms with Gasteiger partial charge in [-0.15, -0.1) is 0 Å². The van der Waals surface area contributed by atoms with E-state index in [1.165, 1.54) is 4.90 Å². The molecule has 1 heterocycles. The normalized spacial score (nSPS) is 10.8. The highest BCUT2D eigenvalue weighted by Gasteiger charge is 2.11. The highest BCUT2D eigenvalue weighted by atomic mass is 35.5. The Morgan fingerprint density at radius 1 is 1.53 bits per heavy atom. The van der Waals surface area contributed by atoms with Gasteiger partial charge in [0, 0.05) is 13.6 Å². The number of rotatable bonds is 4. The number of anilines is 1. The summed E-state index contributed by atoms with van der Waals surface area (Å²) < 4.78 is 24.2. The number of hydrogen-bond acceptors (Lipinski definition) is 3. The highest BCUT2D eigenvalue weighted by molar-refractivity contribution is 6.31. The van der Waals surface area contributed by atoms with Crippen LogP contribution in [0.4, 0.5) is 14.6 Å². The van der Waals surface area contributed by atoms with Gasteiger partial charge in [-0.3, -0.25) is 0 Å². The van der Waals surface area contributed by atoms with Crippen LogP contribution in [0.25, 0.3) is 0 Å². The monoisotopic (exact) mass is 235 g/mol. The van der Waals surface area contributed by atoms with Crippen LogP contribution in [-0.4, -0.2) is 25.0 Å². The molecule has 0 aliphatic heterocycles. The third-order valence-corrected chi connectivity index (χ3v) is 2.24. The lowest BCUT2D eigenvalue weighted by molar-refractivity contribution is 0.156. The Balaban J connectivity index is 2.85. The number of halogens is 3. The van der Waals surface area contributed by atoms with Gasteiger partial charge in [-0.1, -0.05) is 11.6 Å². The third kappa shape index (κ3) is 3.28. The molecule has 1 rings (SSSR count). The maximum Gasteiger partial charge on any atom is 0.255 e. The molecule has 0 aliphatic rings. The van der Waals surface area contributed by atoms with Gasteiger partial charge in [0.05, 0.1) is 17.3 Å². The summed E-state index contributed by atoms with van der Waals surface area (Å²) in [4.78, 5) is 5.44. The fourth-order valence-corrected chi connectivity index (χ4v) is 1.31. The molecule has 0 aromatic carbocycles. The molecule has 0 aliphatic carbocycles. The standard InChI is InChI=1S/C9H12ClF2N3/c1-15(5-8(11)12)9-3-2-6(10)7(4-13)14-9/h2-3,8H,4-5,13H2,1H3. The fraction of sp³-hybridized carbons (Fsp3) is 0.444. The van der Waals surface area contributed by atoms with Crippen molar-refractivity contribution in [1.82, 2.24) is 4.98 Å². The van der Waals surface area contributed by atoms with E-state index in [-0.39, 0.29) is 13.1 Å². The summed E-state index contributed by atoms with van der Waals surface area (Å²) in [6, 6.07) is 3.19. The molecule has 15 heavy (non-hydrogen) atoms. The molecule has 0 radical (unpaired) electrons. The van der Waals surface area contributed by atoms with E-state index in [1.807, 2.05) is 0 Å². The Bertz CT molecular complexity index is 333. The number of hydrogen-bond donors (Lipinski definition) is 1. The second-order valence-electron chi connectivity index (χ2n) is 3.07. The first-order valence-electron chi connectivity index (χ1n) is 4.39. The number of nitrogens with two attached hydrogens (primary N) is 1.